The summed E-state index contributed by atoms with van der Waals surface area (Å²) in [5.41, 5.74) is 1.23. The van der Waals surface area contributed by atoms with E-state index in [2.05, 4.69) is 5.32 Å². The van der Waals surface area contributed by atoms with E-state index in [-0.39, 0.29) is 17.0 Å². The zero-order valence-electron chi connectivity index (χ0n) is 15.5. The Labute approximate surface area is 165 Å². The van der Waals surface area contributed by atoms with Crippen LogP contribution in [0, 0.1) is 0 Å². The molecule has 0 unspecified atom stereocenters. The van der Waals surface area contributed by atoms with Gasteiger partial charge in [0.1, 0.15) is 0 Å². The predicted molar refractivity (Wildman–Crippen MR) is 106 cm³/mol. The molecule has 3 amide bonds. The van der Waals surface area contributed by atoms with Crippen LogP contribution in [0.4, 0.5) is 5.69 Å². The molecule has 0 spiro atoms. The van der Waals surface area contributed by atoms with Gasteiger partial charge in [0.25, 0.3) is 17.7 Å². The Balaban J connectivity index is 1.43. The van der Waals surface area contributed by atoms with Crippen LogP contribution in [-0.2, 0) is 9.53 Å². The molecule has 0 aliphatic carbocycles. The van der Waals surface area contributed by atoms with Crippen molar-refractivity contribution in [1.82, 2.24) is 4.90 Å². The minimum Gasteiger partial charge on any atom is -0.452 e. The summed E-state index contributed by atoms with van der Waals surface area (Å²) in [6.45, 7) is -0.480. The van der Waals surface area contributed by atoms with Crippen LogP contribution in [0.3, 0.4) is 0 Å². The Morgan fingerprint density at radius 1 is 0.931 bits per heavy atom. The van der Waals surface area contributed by atoms with E-state index >= 15 is 0 Å². The van der Waals surface area contributed by atoms with Crippen LogP contribution >= 0.6 is 0 Å². The van der Waals surface area contributed by atoms with Crippen molar-refractivity contribution in [2.45, 2.75) is 0 Å². The highest BCUT2D eigenvalue weighted by Crippen LogP contribution is 2.25. The normalized spacial score (nSPS) is 12.8. The number of amides is 3. The van der Waals surface area contributed by atoms with E-state index in [9.17, 15) is 19.2 Å². The molecular weight excluding hydrogens is 372 g/mol. The summed E-state index contributed by atoms with van der Waals surface area (Å²) in [5.74, 6) is -1.97. The number of carbonyl (C=O) groups excluding carboxylic acids is 4. The molecular formula is C22H16N2O5. The molecule has 7 nitrogen and oxygen atoms in total. The minimum atomic E-state index is -0.603. The van der Waals surface area contributed by atoms with E-state index in [1.807, 2.05) is 30.3 Å². The van der Waals surface area contributed by atoms with Crippen molar-refractivity contribution >= 4 is 40.2 Å². The molecule has 4 rings (SSSR count). The predicted octanol–water partition coefficient (Wildman–Crippen LogP) is 2.86. The fourth-order valence-corrected chi connectivity index (χ4v) is 3.25. The second kappa shape index (κ2) is 7.20. The number of nitrogens with zero attached hydrogens (tertiary/aromatic N) is 1. The zero-order valence-corrected chi connectivity index (χ0v) is 15.5. The highest BCUT2D eigenvalue weighted by molar-refractivity contribution is 6.21. The molecule has 1 N–H and O–H groups in total. The first kappa shape index (κ1) is 18.4. The van der Waals surface area contributed by atoms with Crippen molar-refractivity contribution in [2.75, 3.05) is 19.0 Å². The van der Waals surface area contributed by atoms with Gasteiger partial charge in [0, 0.05) is 12.7 Å². The maximum Gasteiger partial charge on any atom is 0.339 e. The number of esters is 1. The van der Waals surface area contributed by atoms with Crippen LogP contribution in [0.1, 0.15) is 31.1 Å². The van der Waals surface area contributed by atoms with Crippen molar-refractivity contribution in [3.05, 3.63) is 77.4 Å². The lowest BCUT2D eigenvalue weighted by Gasteiger charge is -2.09. The summed E-state index contributed by atoms with van der Waals surface area (Å²) in [7, 11) is 1.40. The lowest BCUT2D eigenvalue weighted by molar-refractivity contribution is -0.119. The maximum absolute atomic E-state index is 12.4. The van der Waals surface area contributed by atoms with Gasteiger partial charge in [-0.2, -0.15) is 0 Å². The number of nitrogens with one attached hydrogen (secondary N) is 1. The standard InChI is InChI=1S/C22H16N2O5/c1-24-20(26)16-10-9-14(11-18(16)21(24)27)23-19(25)12-29-22(28)17-8-4-6-13-5-2-3-7-15(13)17/h2-11H,12H2,1H3,(H,23,25). The number of benzene rings is 3. The van der Waals surface area contributed by atoms with E-state index in [0.29, 0.717) is 11.3 Å². The molecule has 3 aromatic carbocycles. The van der Waals surface area contributed by atoms with Gasteiger partial charge >= 0.3 is 5.97 Å². The molecule has 1 aliphatic rings. The van der Waals surface area contributed by atoms with Crippen molar-refractivity contribution in [1.29, 1.82) is 0 Å². The van der Waals surface area contributed by atoms with E-state index in [1.54, 1.807) is 12.1 Å². The SMILES string of the molecule is CN1C(=O)c2ccc(NC(=O)COC(=O)c3cccc4ccccc34)cc2C1=O. The number of rotatable bonds is 4. The van der Waals surface area contributed by atoms with Crippen LogP contribution in [0.2, 0.25) is 0 Å². The molecule has 144 valence electrons. The van der Waals surface area contributed by atoms with Crippen LogP contribution in [0.25, 0.3) is 10.8 Å². The largest absolute Gasteiger partial charge is 0.452 e. The summed E-state index contributed by atoms with van der Waals surface area (Å²) in [4.78, 5) is 49.5. The highest BCUT2D eigenvalue weighted by Gasteiger charge is 2.32. The molecule has 0 bridgehead atoms. The molecule has 0 atom stereocenters. The number of hydrogen-bond donors (Lipinski definition) is 1. The van der Waals surface area contributed by atoms with Gasteiger partial charge in [-0.3, -0.25) is 19.3 Å². The molecule has 3 aromatic rings. The number of imide groups is 1. The summed E-state index contributed by atoms with van der Waals surface area (Å²) >= 11 is 0. The number of fused-ring (bicyclic) bond motifs is 2. The van der Waals surface area contributed by atoms with Crippen LogP contribution < -0.4 is 5.32 Å². The van der Waals surface area contributed by atoms with Crippen LogP contribution in [0.5, 0.6) is 0 Å². The number of carbonyl (C=O) groups is 4. The average molecular weight is 388 g/mol. The van der Waals surface area contributed by atoms with E-state index in [0.717, 1.165) is 15.7 Å². The molecule has 0 saturated heterocycles. The number of anilines is 1. The summed E-state index contributed by atoms with van der Waals surface area (Å²) in [5, 5.41) is 4.21. The molecule has 1 aliphatic heterocycles. The molecule has 0 saturated carbocycles. The molecule has 0 radical (unpaired) electrons. The van der Waals surface area contributed by atoms with Gasteiger partial charge in [-0.05, 0) is 35.0 Å². The third kappa shape index (κ3) is 3.34. The third-order valence-electron chi connectivity index (χ3n) is 4.72. The second-order valence-electron chi connectivity index (χ2n) is 6.58. The molecule has 7 heteroatoms. The Kier molecular flexibility index (Phi) is 4.56. The summed E-state index contributed by atoms with van der Waals surface area (Å²) in [6.07, 6.45) is 0. The first-order valence-corrected chi connectivity index (χ1v) is 8.87. The van der Waals surface area contributed by atoms with Crippen LogP contribution in [0.15, 0.2) is 60.7 Å². The fourth-order valence-electron chi connectivity index (χ4n) is 3.25. The van der Waals surface area contributed by atoms with E-state index in [4.69, 9.17) is 4.74 Å². The van der Waals surface area contributed by atoms with Gasteiger partial charge in [0.15, 0.2) is 6.61 Å². The van der Waals surface area contributed by atoms with Crippen molar-refractivity contribution in [2.24, 2.45) is 0 Å². The van der Waals surface area contributed by atoms with Gasteiger partial charge in [-0.1, -0.05) is 36.4 Å². The van der Waals surface area contributed by atoms with Gasteiger partial charge < -0.3 is 10.1 Å². The topological polar surface area (TPSA) is 92.8 Å². The molecule has 0 aromatic heterocycles. The van der Waals surface area contributed by atoms with Crippen molar-refractivity contribution < 1.29 is 23.9 Å². The molecule has 1 heterocycles. The monoisotopic (exact) mass is 388 g/mol. The van der Waals surface area contributed by atoms with E-state index in [1.165, 1.54) is 25.2 Å². The Hall–Kier alpha value is -4.00. The molecule has 29 heavy (non-hydrogen) atoms. The lowest BCUT2D eigenvalue weighted by atomic mass is 10.1. The smallest absolute Gasteiger partial charge is 0.339 e. The van der Waals surface area contributed by atoms with Crippen molar-refractivity contribution in [3.63, 3.8) is 0 Å². The van der Waals surface area contributed by atoms with Gasteiger partial charge in [-0.25, -0.2) is 4.79 Å². The van der Waals surface area contributed by atoms with Gasteiger partial charge in [0.2, 0.25) is 0 Å². The Bertz CT molecular complexity index is 1180. The zero-order chi connectivity index (χ0) is 20.5. The fraction of sp³-hybridized carbons (Fsp3) is 0.0909. The summed E-state index contributed by atoms with van der Waals surface area (Å²) in [6, 6.07) is 17.1. The number of hydrogen-bond acceptors (Lipinski definition) is 5. The maximum atomic E-state index is 12.4. The van der Waals surface area contributed by atoms with Crippen LogP contribution in [-0.4, -0.2) is 42.2 Å². The Morgan fingerprint density at radius 2 is 1.66 bits per heavy atom. The first-order chi connectivity index (χ1) is 14.0. The highest BCUT2D eigenvalue weighted by atomic mass is 16.5. The lowest BCUT2D eigenvalue weighted by Crippen LogP contribution is -2.24. The van der Waals surface area contributed by atoms with Gasteiger partial charge in [-0.15, -0.1) is 0 Å². The summed E-state index contributed by atoms with van der Waals surface area (Å²) < 4.78 is 5.14. The Morgan fingerprint density at radius 3 is 2.48 bits per heavy atom. The second-order valence-corrected chi connectivity index (χ2v) is 6.58. The van der Waals surface area contributed by atoms with Gasteiger partial charge in [0.05, 0.1) is 16.7 Å². The number of ether oxygens (including phenoxy) is 1. The minimum absolute atomic E-state index is 0.225. The first-order valence-electron chi connectivity index (χ1n) is 8.87. The van der Waals surface area contributed by atoms with E-state index < -0.39 is 24.4 Å². The third-order valence-corrected chi connectivity index (χ3v) is 4.72. The average Bonchev–Trinajstić information content (AvgIpc) is 2.95. The van der Waals surface area contributed by atoms with Crippen molar-refractivity contribution in [3.8, 4) is 0 Å². The quantitative estimate of drug-likeness (QED) is 0.548. The molecule has 0 fully saturated rings.